The van der Waals surface area contributed by atoms with Crippen LogP contribution in [0.2, 0.25) is 0 Å². The maximum absolute atomic E-state index is 13.7. The Bertz CT molecular complexity index is 551. The van der Waals surface area contributed by atoms with Crippen molar-refractivity contribution in [2.75, 3.05) is 6.54 Å². The second-order valence-corrected chi connectivity index (χ2v) is 5.46. The summed E-state index contributed by atoms with van der Waals surface area (Å²) in [5.74, 6) is -0.795. The highest BCUT2D eigenvalue weighted by Gasteiger charge is 2.14. The molecule has 0 amide bonds. The Balaban J connectivity index is 2.32. The van der Waals surface area contributed by atoms with Crippen LogP contribution in [0.5, 0.6) is 0 Å². The zero-order valence-corrected chi connectivity index (χ0v) is 11.9. The molecule has 0 aliphatic heterocycles. The van der Waals surface area contributed by atoms with E-state index in [-0.39, 0.29) is 11.9 Å². The predicted molar refractivity (Wildman–Crippen MR) is 76.4 cm³/mol. The van der Waals surface area contributed by atoms with Crippen LogP contribution in [-0.4, -0.2) is 6.54 Å². The normalized spacial score (nSPS) is 12.6. The smallest absolute Gasteiger partial charge is 0.132 e. The molecule has 1 unspecified atom stereocenters. The standard InChI is InChI=1S/C15H17F2NS/c1-3-13(18-4-2)15-8-7-14(19-15)11-9-10(16)5-6-12(11)17/h5-9,13,18H,3-4H2,1-2H3. The van der Waals surface area contributed by atoms with E-state index >= 15 is 0 Å². The van der Waals surface area contributed by atoms with Crippen molar-refractivity contribution in [3.8, 4) is 10.4 Å². The number of hydrogen-bond acceptors (Lipinski definition) is 2. The van der Waals surface area contributed by atoms with Crippen LogP contribution >= 0.6 is 11.3 Å². The molecule has 1 aromatic carbocycles. The van der Waals surface area contributed by atoms with E-state index in [2.05, 4.69) is 19.2 Å². The molecular formula is C15H17F2NS. The molecule has 0 bridgehead atoms. The molecule has 1 atom stereocenters. The van der Waals surface area contributed by atoms with Crippen LogP contribution in [0.1, 0.15) is 31.2 Å². The molecule has 2 aromatic rings. The number of thiophene rings is 1. The van der Waals surface area contributed by atoms with E-state index in [4.69, 9.17) is 0 Å². The summed E-state index contributed by atoms with van der Waals surface area (Å²) in [5.41, 5.74) is 0.336. The SMILES string of the molecule is CCNC(CC)c1ccc(-c2cc(F)ccc2F)s1. The Morgan fingerprint density at radius 3 is 2.63 bits per heavy atom. The fourth-order valence-electron chi connectivity index (χ4n) is 2.06. The summed E-state index contributed by atoms with van der Waals surface area (Å²) < 4.78 is 26.9. The lowest BCUT2D eigenvalue weighted by atomic mass is 10.1. The summed E-state index contributed by atoms with van der Waals surface area (Å²) in [5, 5.41) is 3.38. The molecule has 0 saturated carbocycles. The molecule has 0 aliphatic rings. The first kappa shape index (κ1) is 14.2. The number of nitrogens with one attached hydrogen (secondary N) is 1. The van der Waals surface area contributed by atoms with Crippen molar-refractivity contribution in [2.45, 2.75) is 26.3 Å². The fourth-order valence-corrected chi connectivity index (χ4v) is 3.25. The van der Waals surface area contributed by atoms with Crippen molar-refractivity contribution in [3.05, 3.63) is 46.8 Å². The van der Waals surface area contributed by atoms with Crippen LogP contribution in [0, 0.1) is 11.6 Å². The second-order valence-electron chi connectivity index (χ2n) is 4.34. The summed E-state index contributed by atoms with van der Waals surface area (Å²) in [6, 6.07) is 7.69. The van der Waals surface area contributed by atoms with Gasteiger partial charge in [0.2, 0.25) is 0 Å². The van der Waals surface area contributed by atoms with Gasteiger partial charge in [0.25, 0.3) is 0 Å². The molecule has 102 valence electrons. The Labute approximate surface area is 116 Å². The van der Waals surface area contributed by atoms with Gasteiger partial charge in [0, 0.05) is 21.4 Å². The Kier molecular flexibility index (Phi) is 4.66. The third kappa shape index (κ3) is 3.19. The van der Waals surface area contributed by atoms with Crippen LogP contribution < -0.4 is 5.32 Å². The first-order valence-corrected chi connectivity index (χ1v) is 7.25. The fraction of sp³-hybridized carbons (Fsp3) is 0.333. The summed E-state index contributed by atoms with van der Waals surface area (Å²) in [4.78, 5) is 1.92. The lowest BCUT2D eigenvalue weighted by molar-refractivity contribution is 0.545. The lowest BCUT2D eigenvalue weighted by Crippen LogP contribution is -2.18. The maximum atomic E-state index is 13.7. The van der Waals surface area contributed by atoms with Gasteiger partial charge in [-0.05, 0) is 43.3 Å². The van der Waals surface area contributed by atoms with Gasteiger partial charge >= 0.3 is 0 Å². The summed E-state index contributed by atoms with van der Waals surface area (Å²) in [6.45, 7) is 5.05. The van der Waals surface area contributed by atoms with Gasteiger partial charge in [-0.15, -0.1) is 11.3 Å². The van der Waals surface area contributed by atoms with E-state index in [9.17, 15) is 8.78 Å². The summed E-state index contributed by atoms with van der Waals surface area (Å²) in [6.07, 6.45) is 0.972. The first-order valence-electron chi connectivity index (χ1n) is 6.44. The second kappa shape index (κ2) is 6.26. The van der Waals surface area contributed by atoms with E-state index in [0.717, 1.165) is 28.8 Å². The molecule has 1 N–H and O–H groups in total. The van der Waals surface area contributed by atoms with Crippen molar-refractivity contribution >= 4 is 11.3 Å². The summed E-state index contributed by atoms with van der Waals surface area (Å²) >= 11 is 1.51. The van der Waals surface area contributed by atoms with E-state index < -0.39 is 5.82 Å². The van der Waals surface area contributed by atoms with Crippen LogP contribution in [0.15, 0.2) is 30.3 Å². The molecular weight excluding hydrogens is 264 g/mol. The molecule has 1 heterocycles. The minimum atomic E-state index is -0.412. The molecule has 0 radical (unpaired) electrons. The minimum absolute atomic E-state index is 0.278. The number of benzene rings is 1. The van der Waals surface area contributed by atoms with Gasteiger partial charge in [-0.25, -0.2) is 8.78 Å². The molecule has 4 heteroatoms. The molecule has 0 spiro atoms. The highest BCUT2D eigenvalue weighted by atomic mass is 32.1. The number of halogens is 2. The highest BCUT2D eigenvalue weighted by molar-refractivity contribution is 7.15. The van der Waals surface area contributed by atoms with E-state index in [1.807, 2.05) is 12.1 Å². The van der Waals surface area contributed by atoms with Crippen LogP contribution in [0.25, 0.3) is 10.4 Å². The molecule has 0 saturated heterocycles. The average Bonchev–Trinajstić information content (AvgIpc) is 2.88. The lowest BCUT2D eigenvalue weighted by Gasteiger charge is -2.13. The number of rotatable bonds is 5. The van der Waals surface area contributed by atoms with Crippen molar-refractivity contribution < 1.29 is 8.78 Å². The maximum Gasteiger partial charge on any atom is 0.132 e. The Morgan fingerprint density at radius 2 is 1.95 bits per heavy atom. The average molecular weight is 281 g/mol. The molecule has 2 rings (SSSR count). The van der Waals surface area contributed by atoms with Crippen LogP contribution in [-0.2, 0) is 0 Å². The third-order valence-corrected chi connectivity index (χ3v) is 4.26. The Morgan fingerprint density at radius 1 is 1.16 bits per heavy atom. The van der Waals surface area contributed by atoms with E-state index in [1.165, 1.54) is 23.5 Å². The Hall–Kier alpha value is -1.26. The topological polar surface area (TPSA) is 12.0 Å². The minimum Gasteiger partial charge on any atom is -0.310 e. The molecule has 1 aromatic heterocycles. The van der Waals surface area contributed by atoms with Crippen molar-refractivity contribution in [3.63, 3.8) is 0 Å². The zero-order valence-electron chi connectivity index (χ0n) is 11.0. The first-order chi connectivity index (χ1) is 9.15. The van der Waals surface area contributed by atoms with Gasteiger partial charge in [0.1, 0.15) is 11.6 Å². The molecule has 0 fully saturated rings. The van der Waals surface area contributed by atoms with Gasteiger partial charge in [-0.3, -0.25) is 0 Å². The zero-order chi connectivity index (χ0) is 13.8. The molecule has 19 heavy (non-hydrogen) atoms. The van der Waals surface area contributed by atoms with Gasteiger partial charge in [0.15, 0.2) is 0 Å². The predicted octanol–water partition coefficient (Wildman–Crippen LogP) is 4.75. The monoisotopic (exact) mass is 281 g/mol. The van der Waals surface area contributed by atoms with Gasteiger partial charge < -0.3 is 5.32 Å². The van der Waals surface area contributed by atoms with E-state index in [0.29, 0.717) is 5.56 Å². The van der Waals surface area contributed by atoms with Crippen LogP contribution in [0.3, 0.4) is 0 Å². The van der Waals surface area contributed by atoms with Gasteiger partial charge in [-0.2, -0.15) is 0 Å². The van der Waals surface area contributed by atoms with Gasteiger partial charge in [-0.1, -0.05) is 13.8 Å². The highest BCUT2D eigenvalue weighted by Crippen LogP contribution is 2.34. The van der Waals surface area contributed by atoms with Crippen molar-refractivity contribution in [1.29, 1.82) is 0 Å². The quantitative estimate of drug-likeness (QED) is 0.833. The summed E-state index contributed by atoms with van der Waals surface area (Å²) in [7, 11) is 0. The van der Waals surface area contributed by atoms with Crippen molar-refractivity contribution in [2.24, 2.45) is 0 Å². The third-order valence-electron chi connectivity index (χ3n) is 3.02. The van der Waals surface area contributed by atoms with E-state index in [1.54, 1.807) is 0 Å². The molecule has 1 nitrogen and oxygen atoms in total. The largest absolute Gasteiger partial charge is 0.310 e. The number of hydrogen-bond donors (Lipinski definition) is 1. The van der Waals surface area contributed by atoms with Crippen molar-refractivity contribution in [1.82, 2.24) is 5.32 Å². The van der Waals surface area contributed by atoms with Crippen LogP contribution in [0.4, 0.5) is 8.78 Å². The molecule has 0 aliphatic carbocycles. The van der Waals surface area contributed by atoms with Gasteiger partial charge in [0.05, 0.1) is 0 Å².